The molecule has 0 spiro atoms. The zero-order valence-corrected chi connectivity index (χ0v) is 14.7. The van der Waals surface area contributed by atoms with Gasteiger partial charge in [-0.3, -0.25) is 4.79 Å². The number of anilines is 1. The topological polar surface area (TPSA) is 77.2 Å². The number of carbonyl (C=O) groups excluding carboxylic acids is 1. The number of benzene rings is 2. The largest absolute Gasteiger partial charge is 0.495 e. The first-order valence-electron chi connectivity index (χ1n) is 7.62. The summed E-state index contributed by atoms with van der Waals surface area (Å²) in [7, 11) is 1.56. The van der Waals surface area contributed by atoms with Crippen LogP contribution >= 0.6 is 11.8 Å². The highest BCUT2D eigenvalue weighted by atomic mass is 32.2. The summed E-state index contributed by atoms with van der Waals surface area (Å²) in [4.78, 5) is 12.1. The molecule has 2 aromatic carbocycles. The molecule has 0 radical (unpaired) electrons. The second kappa shape index (κ2) is 7.85. The lowest BCUT2D eigenvalue weighted by Crippen LogP contribution is -2.14. The molecule has 1 N–H and O–H groups in total. The molecule has 7 heteroatoms. The second-order valence-electron chi connectivity index (χ2n) is 5.28. The van der Waals surface area contributed by atoms with Crippen LogP contribution in [0.4, 0.5) is 5.69 Å². The monoisotopic (exact) mass is 355 g/mol. The van der Waals surface area contributed by atoms with Gasteiger partial charge in [0, 0.05) is 5.56 Å². The number of rotatable bonds is 6. The van der Waals surface area contributed by atoms with Gasteiger partial charge in [-0.2, -0.15) is 0 Å². The highest BCUT2D eigenvalue weighted by Crippen LogP contribution is 2.25. The number of carbonyl (C=O) groups is 1. The van der Waals surface area contributed by atoms with Crippen LogP contribution in [0.15, 0.2) is 58.2 Å². The maximum atomic E-state index is 12.1. The van der Waals surface area contributed by atoms with Gasteiger partial charge >= 0.3 is 0 Å². The second-order valence-corrected chi connectivity index (χ2v) is 6.21. The Labute approximate surface area is 149 Å². The number of hydrogen-bond acceptors (Lipinski definition) is 6. The van der Waals surface area contributed by atoms with E-state index >= 15 is 0 Å². The van der Waals surface area contributed by atoms with Gasteiger partial charge in [0.15, 0.2) is 0 Å². The van der Waals surface area contributed by atoms with Gasteiger partial charge in [0.05, 0.1) is 18.6 Å². The van der Waals surface area contributed by atoms with Gasteiger partial charge in [0.2, 0.25) is 11.8 Å². The van der Waals surface area contributed by atoms with Gasteiger partial charge in [-0.25, -0.2) is 0 Å². The van der Waals surface area contributed by atoms with E-state index in [1.807, 2.05) is 43.3 Å². The van der Waals surface area contributed by atoms with Gasteiger partial charge < -0.3 is 14.5 Å². The molecular formula is C18H17N3O3S. The molecule has 1 amide bonds. The third kappa shape index (κ3) is 4.39. The third-order valence-corrected chi connectivity index (χ3v) is 4.20. The summed E-state index contributed by atoms with van der Waals surface area (Å²) in [5.41, 5.74) is 2.60. The predicted octanol–water partition coefficient (Wildman–Crippen LogP) is 3.78. The lowest BCUT2D eigenvalue weighted by atomic mass is 10.1. The number of aryl methyl sites for hydroxylation is 1. The Morgan fingerprint density at radius 2 is 2.04 bits per heavy atom. The number of nitrogens with zero attached hydrogens (tertiary/aromatic N) is 2. The molecule has 0 fully saturated rings. The Morgan fingerprint density at radius 1 is 1.20 bits per heavy atom. The molecule has 3 rings (SSSR count). The smallest absolute Gasteiger partial charge is 0.277 e. The minimum Gasteiger partial charge on any atom is -0.495 e. The average Bonchev–Trinajstić information content (AvgIpc) is 3.09. The number of ether oxygens (including phenoxy) is 1. The van der Waals surface area contributed by atoms with Crippen molar-refractivity contribution in [2.75, 3.05) is 18.2 Å². The molecule has 25 heavy (non-hydrogen) atoms. The summed E-state index contributed by atoms with van der Waals surface area (Å²) in [5.74, 6) is 1.04. The quantitative estimate of drug-likeness (QED) is 0.678. The number of aromatic nitrogens is 2. The lowest BCUT2D eigenvalue weighted by Gasteiger charge is -2.08. The maximum absolute atomic E-state index is 12.1. The average molecular weight is 355 g/mol. The minimum absolute atomic E-state index is 0.160. The zero-order valence-electron chi connectivity index (χ0n) is 13.9. The van der Waals surface area contributed by atoms with E-state index in [-0.39, 0.29) is 11.7 Å². The van der Waals surface area contributed by atoms with Crippen LogP contribution in [0.5, 0.6) is 5.75 Å². The number of thioether (sulfide) groups is 1. The highest BCUT2D eigenvalue weighted by molar-refractivity contribution is 7.99. The molecule has 3 aromatic rings. The van der Waals surface area contributed by atoms with Crippen molar-refractivity contribution in [2.24, 2.45) is 0 Å². The van der Waals surface area contributed by atoms with Gasteiger partial charge in [0.1, 0.15) is 5.75 Å². The van der Waals surface area contributed by atoms with Crippen molar-refractivity contribution in [1.82, 2.24) is 10.2 Å². The fourth-order valence-electron chi connectivity index (χ4n) is 2.22. The van der Waals surface area contributed by atoms with Crippen LogP contribution in [-0.2, 0) is 4.79 Å². The van der Waals surface area contributed by atoms with Crippen LogP contribution < -0.4 is 10.1 Å². The molecule has 0 bridgehead atoms. The van der Waals surface area contributed by atoms with E-state index in [4.69, 9.17) is 9.15 Å². The molecular weight excluding hydrogens is 338 g/mol. The van der Waals surface area contributed by atoms with Crippen LogP contribution in [0.3, 0.4) is 0 Å². The molecule has 0 saturated heterocycles. The Balaban J connectivity index is 1.59. The van der Waals surface area contributed by atoms with Crippen LogP contribution in [-0.4, -0.2) is 29.0 Å². The van der Waals surface area contributed by atoms with Crippen molar-refractivity contribution >= 4 is 23.4 Å². The summed E-state index contributed by atoms with van der Waals surface area (Å²) in [6, 6.07) is 15.0. The van der Waals surface area contributed by atoms with Crippen LogP contribution in [0.1, 0.15) is 5.56 Å². The fourth-order valence-corrected chi connectivity index (χ4v) is 2.79. The van der Waals surface area contributed by atoms with Gasteiger partial charge in [-0.15, -0.1) is 10.2 Å². The maximum Gasteiger partial charge on any atom is 0.277 e. The van der Waals surface area contributed by atoms with Crippen LogP contribution in [0, 0.1) is 6.92 Å². The Morgan fingerprint density at radius 3 is 2.84 bits per heavy atom. The number of amides is 1. The molecule has 0 aliphatic carbocycles. The summed E-state index contributed by atoms with van der Waals surface area (Å²) in [6.07, 6.45) is 0. The van der Waals surface area contributed by atoms with Gasteiger partial charge in [-0.05, 0) is 31.2 Å². The van der Waals surface area contributed by atoms with E-state index in [1.165, 1.54) is 11.8 Å². The van der Waals surface area contributed by atoms with Crippen molar-refractivity contribution in [1.29, 1.82) is 0 Å². The van der Waals surface area contributed by atoms with E-state index in [2.05, 4.69) is 15.5 Å². The molecule has 0 aliphatic heterocycles. The van der Waals surface area contributed by atoms with Gasteiger partial charge in [0.25, 0.3) is 5.22 Å². The fraction of sp³-hybridized carbons (Fsp3) is 0.167. The molecule has 6 nitrogen and oxygen atoms in total. The number of hydrogen-bond donors (Lipinski definition) is 1. The number of methoxy groups -OCH3 is 1. The molecule has 0 atom stereocenters. The van der Waals surface area contributed by atoms with Crippen molar-refractivity contribution in [3.05, 3.63) is 54.1 Å². The molecule has 0 unspecified atom stereocenters. The van der Waals surface area contributed by atoms with Gasteiger partial charge in [-0.1, -0.05) is 41.6 Å². The summed E-state index contributed by atoms with van der Waals surface area (Å²) in [5, 5.41) is 11.2. The van der Waals surface area contributed by atoms with Crippen molar-refractivity contribution < 1.29 is 13.9 Å². The van der Waals surface area contributed by atoms with E-state index in [1.54, 1.807) is 19.2 Å². The van der Waals surface area contributed by atoms with Crippen molar-refractivity contribution in [2.45, 2.75) is 12.1 Å². The summed E-state index contributed by atoms with van der Waals surface area (Å²) >= 11 is 1.19. The summed E-state index contributed by atoms with van der Waals surface area (Å²) < 4.78 is 10.8. The Hall–Kier alpha value is -2.80. The van der Waals surface area contributed by atoms with Crippen LogP contribution in [0.25, 0.3) is 11.5 Å². The minimum atomic E-state index is -0.176. The molecule has 1 aromatic heterocycles. The van der Waals surface area contributed by atoms with E-state index in [9.17, 15) is 4.79 Å². The van der Waals surface area contributed by atoms with E-state index < -0.39 is 0 Å². The molecule has 0 saturated carbocycles. The lowest BCUT2D eigenvalue weighted by molar-refractivity contribution is -0.113. The van der Waals surface area contributed by atoms with E-state index in [0.29, 0.717) is 22.6 Å². The third-order valence-electron chi connectivity index (χ3n) is 3.38. The molecule has 0 aliphatic rings. The Bertz CT molecular complexity index is 879. The normalized spacial score (nSPS) is 10.5. The zero-order chi connectivity index (χ0) is 17.6. The van der Waals surface area contributed by atoms with Crippen LogP contribution in [0.2, 0.25) is 0 Å². The number of nitrogens with one attached hydrogen (secondary N) is 1. The first-order chi connectivity index (χ1) is 12.2. The highest BCUT2D eigenvalue weighted by Gasteiger charge is 2.12. The summed E-state index contributed by atoms with van der Waals surface area (Å²) in [6.45, 7) is 2.00. The van der Waals surface area contributed by atoms with Crippen molar-refractivity contribution in [3.63, 3.8) is 0 Å². The first-order valence-corrected chi connectivity index (χ1v) is 8.60. The molecule has 128 valence electrons. The van der Waals surface area contributed by atoms with E-state index in [0.717, 1.165) is 11.1 Å². The first kappa shape index (κ1) is 17.0. The van der Waals surface area contributed by atoms with Crippen molar-refractivity contribution in [3.8, 4) is 17.2 Å². The molecule has 1 heterocycles. The standard InChI is InChI=1S/C18H17N3O3S/c1-12-6-5-7-13(10-12)17-20-21-18(24-17)25-11-16(22)19-14-8-3-4-9-15(14)23-2/h3-10H,11H2,1-2H3,(H,19,22). The Kier molecular flexibility index (Phi) is 5.35. The number of para-hydroxylation sites is 2. The predicted molar refractivity (Wildman–Crippen MR) is 96.8 cm³/mol. The SMILES string of the molecule is COc1ccccc1NC(=O)CSc1nnc(-c2cccc(C)c2)o1.